The number of hydrogen-bond donors (Lipinski definition) is 1. The number of benzene rings is 2. The average molecular weight is 295 g/mol. The summed E-state index contributed by atoms with van der Waals surface area (Å²) in [6, 6.07) is 9.90. The number of nitrogens with zero attached hydrogens (tertiary/aromatic N) is 1. The zero-order chi connectivity index (χ0) is 13.4. The van der Waals surface area contributed by atoms with Gasteiger partial charge in [-0.1, -0.05) is 35.3 Å². The van der Waals surface area contributed by atoms with E-state index in [9.17, 15) is 4.39 Å². The number of rotatable bonds is 2. The number of fused-ring (bicyclic) bond motifs is 1. The summed E-state index contributed by atoms with van der Waals surface area (Å²) in [5.41, 5.74) is 2.43. The van der Waals surface area contributed by atoms with E-state index in [0.717, 1.165) is 22.4 Å². The van der Waals surface area contributed by atoms with Crippen LogP contribution < -0.4 is 0 Å². The van der Waals surface area contributed by atoms with Crippen LogP contribution in [0.15, 0.2) is 36.4 Å². The first-order valence-corrected chi connectivity index (χ1v) is 6.45. The predicted octanol–water partition coefficient (Wildman–Crippen LogP) is 4.60. The summed E-state index contributed by atoms with van der Waals surface area (Å²) < 4.78 is 13.1. The highest BCUT2D eigenvalue weighted by molar-refractivity contribution is 6.42. The molecule has 96 valence electrons. The summed E-state index contributed by atoms with van der Waals surface area (Å²) in [7, 11) is 0. The molecule has 0 amide bonds. The van der Waals surface area contributed by atoms with Crippen LogP contribution in [0.3, 0.4) is 0 Å². The Labute approximate surface area is 119 Å². The van der Waals surface area contributed by atoms with Gasteiger partial charge in [-0.3, -0.25) is 0 Å². The molecule has 0 fully saturated rings. The summed E-state index contributed by atoms with van der Waals surface area (Å²) in [5.74, 6) is 0.499. The third kappa shape index (κ3) is 2.57. The zero-order valence-corrected chi connectivity index (χ0v) is 11.3. The lowest BCUT2D eigenvalue weighted by molar-refractivity contribution is 0.626. The highest BCUT2D eigenvalue weighted by atomic mass is 35.5. The van der Waals surface area contributed by atoms with Crippen molar-refractivity contribution in [2.24, 2.45) is 0 Å². The Bertz CT molecular complexity index is 713. The van der Waals surface area contributed by atoms with Gasteiger partial charge in [0.05, 0.1) is 21.1 Å². The topological polar surface area (TPSA) is 28.7 Å². The summed E-state index contributed by atoms with van der Waals surface area (Å²) in [5, 5.41) is 0.952. The van der Waals surface area contributed by atoms with E-state index >= 15 is 0 Å². The van der Waals surface area contributed by atoms with Gasteiger partial charge in [-0.05, 0) is 29.8 Å². The van der Waals surface area contributed by atoms with Crippen molar-refractivity contribution < 1.29 is 4.39 Å². The zero-order valence-electron chi connectivity index (χ0n) is 9.75. The smallest absolute Gasteiger partial charge is 0.123 e. The molecule has 0 saturated carbocycles. The number of aromatic nitrogens is 2. The fourth-order valence-corrected chi connectivity index (χ4v) is 2.30. The van der Waals surface area contributed by atoms with Gasteiger partial charge in [0.25, 0.3) is 0 Å². The van der Waals surface area contributed by atoms with Gasteiger partial charge in [0.1, 0.15) is 11.6 Å². The number of aromatic amines is 1. The summed E-state index contributed by atoms with van der Waals surface area (Å²) in [4.78, 5) is 7.57. The van der Waals surface area contributed by atoms with Crippen molar-refractivity contribution in [2.75, 3.05) is 0 Å². The molecule has 0 radical (unpaired) electrons. The molecule has 0 aliphatic heterocycles. The van der Waals surface area contributed by atoms with Crippen LogP contribution in [0.5, 0.6) is 0 Å². The van der Waals surface area contributed by atoms with Gasteiger partial charge in [0.2, 0.25) is 0 Å². The van der Waals surface area contributed by atoms with Gasteiger partial charge < -0.3 is 4.98 Å². The Morgan fingerprint density at radius 2 is 1.89 bits per heavy atom. The fourth-order valence-electron chi connectivity index (χ4n) is 1.98. The molecule has 0 unspecified atom stereocenters. The first kappa shape index (κ1) is 12.5. The standard InChI is InChI=1S/C14H9Cl2FN2/c15-10-6-12-13(7-11(10)16)19-14(18-12)5-8-2-1-3-9(17)4-8/h1-4,6-7H,5H2,(H,18,19). The van der Waals surface area contributed by atoms with Crippen molar-refractivity contribution in [3.05, 3.63) is 63.6 Å². The molecule has 3 aromatic rings. The Morgan fingerprint density at radius 3 is 2.68 bits per heavy atom. The van der Waals surface area contributed by atoms with Crippen molar-refractivity contribution in [1.82, 2.24) is 9.97 Å². The van der Waals surface area contributed by atoms with E-state index in [2.05, 4.69) is 9.97 Å². The Hall–Kier alpha value is -1.58. The molecule has 0 aliphatic carbocycles. The summed E-state index contributed by atoms with van der Waals surface area (Å²) in [6.45, 7) is 0. The highest BCUT2D eigenvalue weighted by Gasteiger charge is 2.07. The predicted molar refractivity (Wildman–Crippen MR) is 75.3 cm³/mol. The Kier molecular flexibility index (Phi) is 3.17. The highest BCUT2D eigenvalue weighted by Crippen LogP contribution is 2.26. The second kappa shape index (κ2) is 4.83. The van der Waals surface area contributed by atoms with Gasteiger partial charge in [-0.15, -0.1) is 0 Å². The molecule has 2 nitrogen and oxygen atoms in total. The number of hydrogen-bond acceptors (Lipinski definition) is 1. The monoisotopic (exact) mass is 294 g/mol. The average Bonchev–Trinajstić information content (AvgIpc) is 2.71. The SMILES string of the molecule is Fc1cccc(Cc2nc3cc(Cl)c(Cl)cc3[nH]2)c1. The van der Waals surface area contributed by atoms with Crippen LogP contribution in [0.2, 0.25) is 10.0 Å². The van der Waals surface area contributed by atoms with E-state index in [0.29, 0.717) is 16.5 Å². The first-order valence-electron chi connectivity index (χ1n) is 5.70. The van der Waals surface area contributed by atoms with Crippen LogP contribution in [0, 0.1) is 5.82 Å². The van der Waals surface area contributed by atoms with E-state index < -0.39 is 0 Å². The summed E-state index contributed by atoms with van der Waals surface area (Å²) >= 11 is 11.9. The van der Waals surface area contributed by atoms with E-state index in [1.165, 1.54) is 12.1 Å². The third-order valence-electron chi connectivity index (χ3n) is 2.83. The largest absolute Gasteiger partial charge is 0.342 e. The molecule has 1 aromatic heterocycles. The van der Waals surface area contributed by atoms with Crippen LogP contribution in [0.25, 0.3) is 11.0 Å². The van der Waals surface area contributed by atoms with E-state index in [1.54, 1.807) is 18.2 Å². The molecule has 5 heteroatoms. The van der Waals surface area contributed by atoms with Crippen molar-refractivity contribution in [3.8, 4) is 0 Å². The van der Waals surface area contributed by atoms with Crippen LogP contribution >= 0.6 is 23.2 Å². The molecule has 0 spiro atoms. The molecule has 0 bridgehead atoms. The fraction of sp³-hybridized carbons (Fsp3) is 0.0714. The number of nitrogens with one attached hydrogen (secondary N) is 1. The Balaban J connectivity index is 1.97. The molecule has 0 atom stereocenters. The molecule has 0 aliphatic rings. The van der Waals surface area contributed by atoms with Crippen LogP contribution in [0.1, 0.15) is 11.4 Å². The molecule has 0 saturated heterocycles. The van der Waals surface area contributed by atoms with Crippen LogP contribution in [0.4, 0.5) is 4.39 Å². The molecule has 1 heterocycles. The van der Waals surface area contributed by atoms with Crippen molar-refractivity contribution in [1.29, 1.82) is 0 Å². The quantitative estimate of drug-likeness (QED) is 0.735. The minimum Gasteiger partial charge on any atom is -0.342 e. The molecule has 1 N–H and O–H groups in total. The first-order chi connectivity index (χ1) is 9.11. The normalized spacial score (nSPS) is 11.1. The second-order valence-corrected chi connectivity index (χ2v) is 5.09. The molecular formula is C14H9Cl2FN2. The van der Waals surface area contributed by atoms with Gasteiger partial charge >= 0.3 is 0 Å². The van der Waals surface area contributed by atoms with Crippen LogP contribution in [-0.4, -0.2) is 9.97 Å². The maximum atomic E-state index is 13.1. The van der Waals surface area contributed by atoms with E-state index in [-0.39, 0.29) is 5.82 Å². The molecule has 2 aromatic carbocycles. The lowest BCUT2D eigenvalue weighted by Gasteiger charge is -1.97. The molecule has 3 rings (SSSR count). The minimum atomic E-state index is -0.250. The van der Waals surface area contributed by atoms with Gasteiger partial charge in [0.15, 0.2) is 0 Å². The van der Waals surface area contributed by atoms with Crippen molar-refractivity contribution in [3.63, 3.8) is 0 Å². The number of imidazole rings is 1. The van der Waals surface area contributed by atoms with Crippen molar-refractivity contribution in [2.45, 2.75) is 6.42 Å². The number of H-pyrrole nitrogens is 1. The van der Waals surface area contributed by atoms with Gasteiger partial charge in [-0.2, -0.15) is 0 Å². The summed E-state index contributed by atoms with van der Waals surface area (Å²) in [6.07, 6.45) is 0.529. The Morgan fingerprint density at radius 1 is 1.11 bits per heavy atom. The lowest BCUT2D eigenvalue weighted by Crippen LogP contribution is -1.91. The third-order valence-corrected chi connectivity index (χ3v) is 3.56. The lowest BCUT2D eigenvalue weighted by atomic mass is 10.1. The molecule has 19 heavy (non-hydrogen) atoms. The second-order valence-electron chi connectivity index (χ2n) is 4.27. The minimum absolute atomic E-state index is 0.250. The van der Waals surface area contributed by atoms with Gasteiger partial charge in [0, 0.05) is 6.42 Å². The van der Waals surface area contributed by atoms with Crippen LogP contribution in [-0.2, 0) is 6.42 Å². The van der Waals surface area contributed by atoms with Gasteiger partial charge in [-0.25, -0.2) is 9.37 Å². The molecular weight excluding hydrogens is 286 g/mol. The maximum Gasteiger partial charge on any atom is 0.123 e. The van der Waals surface area contributed by atoms with E-state index in [1.807, 2.05) is 6.07 Å². The van der Waals surface area contributed by atoms with E-state index in [4.69, 9.17) is 23.2 Å². The number of halogens is 3. The van der Waals surface area contributed by atoms with Crippen molar-refractivity contribution >= 4 is 34.2 Å². The maximum absolute atomic E-state index is 13.1.